The molecule has 0 aliphatic rings. The summed E-state index contributed by atoms with van der Waals surface area (Å²) < 4.78 is 9.15. The van der Waals surface area contributed by atoms with Gasteiger partial charge in [-0.2, -0.15) is 0 Å². The fraction of sp³-hybridized carbons (Fsp3) is 0.750. The first-order valence-electron chi connectivity index (χ1n) is 3.91. The average molecular weight is 188 g/mol. The third-order valence-corrected chi connectivity index (χ3v) is 0.931. The average Bonchev–Trinajstić information content (AvgIpc) is 1.94. The van der Waals surface area contributed by atoms with Crippen molar-refractivity contribution in [2.45, 2.75) is 26.4 Å². The molecule has 0 bridgehead atoms. The van der Waals surface area contributed by atoms with E-state index in [2.05, 4.69) is 10.1 Å². The molecule has 1 amide bonds. The highest BCUT2D eigenvalue weighted by Crippen LogP contribution is 2.05. The minimum Gasteiger partial charge on any atom is -0.455 e. The van der Waals surface area contributed by atoms with Gasteiger partial charge in [-0.3, -0.25) is 0 Å². The van der Waals surface area contributed by atoms with Gasteiger partial charge in [0.15, 0.2) is 0 Å². The van der Waals surface area contributed by atoms with Gasteiger partial charge < -0.3 is 14.8 Å². The Bertz CT molecular complexity index is 173. The lowest BCUT2D eigenvalue weighted by Gasteiger charge is -2.19. The van der Waals surface area contributed by atoms with Crippen LogP contribution in [-0.4, -0.2) is 31.3 Å². The Morgan fingerprint density at radius 2 is 2.08 bits per heavy atom. The van der Waals surface area contributed by atoms with Crippen molar-refractivity contribution in [1.29, 1.82) is 0 Å². The first-order valence-corrected chi connectivity index (χ1v) is 3.91. The van der Waals surface area contributed by atoms with Crippen LogP contribution in [0.25, 0.3) is 0 Å². The van der Waals surface area contributed by atoms with Crippen LogP contribution in [-0.2, 0) is 14.3 Å². The Morgan fingerprint density at radius 1 is 1.46 bits per heavy atom. The van der Waals surface area contributed by atoms with Crippen LogP contribution < -0.4 is 5.32 Å². The molecule has 0 heterocycles. The molecule has 75 valence electrons. The van der Waals surface area contributed by atoms with E-state index in [9.17, 15) is 9.59 Å². The molecule has 13 heavy (non-hydrogen) atoms. The summed E-state index contributed by atoms with van der Waals surface area (Å²) in [6.45, 7) is 6.87. The Kier molecular flexibility index (Phi) is 4.87. The molecule has 1 radical (unpaired) electrons. The maximum Gasteiger partial charge on any atom is 0.417 e. The van der Waals surface area contributed by atoms with Gasteiger partial charge in [-0.25, -0.2) is 9.59 Å². The van der Waals surface area contributed by atoms with Gasteiger partial charge in [-0.1, -0.05) is 0 Å². The fourth-order valence-corrected chi connectivity index (χ4v) is 0.560. The van der Waals surface area contributed by atoms with E-state index in [-0.39, 0.29) is 13.2 Å². The molecule has 0 aliphatic carbocycles. The van der Waals surface area contributed by atoms with Gasteiger partial charge >= 0.3 is 12.6 Å². The van der Waals surface area contributed by atoms with Gasteiger partial charge in [0.25, 0.3) is 0 Å². The van der Waals surface area contributed by atoms with Crippen molar-refractivity contribution in [2.24, 2.45) is 0 Å². The molecule has 0 atom stereocenters. The molecule has 0 aromatic heterocycles. The maximum absolute atomic E-state index is 10.9. The zero-order valence-corrected chi connectivity index (χ0v) is 8.05. The van der Waals surface area contributed by atoms with E-state index in [1.54, 1.807) is 20.8 Å². The number of rotatable bonds is 4. The molecule has 0 fully saturated rings. The van der Waals surface area contributed by atoms with Crippen LogP contribution in [0.1, 0.15) is 20.8 Å². The molecule has 0 aliphatic heterocycles. The zero-order valence-electron chi connectivity index (χ0n) is 8.05. The third kappa shape index (κ3) is 8.65. The number of carbonyl (C=O) groups is 1. The summed E-state index contributed by atoms with van der Waals surface area (Å²) >= 11 is 0. The van der Waals surface area contributed by atoms with Crippen molar-refractivity contribution in [3.63, 3.8) is 0 Å². The van der Waals surface area contributed by atoms with Crippen LogP contribution in [0.3, 0.4) is 0 Å². The molecule has 0 saturated carbocycles. The van der Waals surface area contributed by atoms with Gasteiger partial charge in [-0.15, -0.1) is 0 Å². The minimum absolute atomic E-state index is 0.0999. The Hall–Kier alpha value is -1.26. The number of hydrogen-bond donors (Lipinski definition) is 1. The van der Waals surface area contributed by atoms with Crippen LogP contribution in [0.15, 0.2) is 0 Å². The lowest BCUT2D eigenvalue weighted by Crippen LogP contribution is -2.34. The molecule has 1 N–H and O–H groups in total. The molecule has 5 nitrogen and oxygen atoms in total. The van der Waals surface area contributed by atoms with Crippen LogP contribution in [0.4, 0.5) is 4.79 Å². The summed E-state index contributed by atoms with van der Waals surface area (Å²) in [5.74, 6) is 0. The summed E-state index contributed by atoms with van der Waals surface area (Å²) in [6.07, 6.45) is -0.526. The molecule has 0 aromatic rings. The maximum atomic E-state index is 10.9. The molecule has 0 rings (SSSR count). The normalized spacial score (nSPS) is 10.4. The van der Waals surface area contributed by atoms with Gasteiger partial charge in [0, 0.05) is 0 Å². The standard InChI is InChI=1S/C8H14NO4/c1-8(2,3)13-7(11)9-4-5-12-6-10/h4-5H2,1-3H3,(H,9,11). The molecule has 0 unspecified atom stereocenters. The summed E-state index contributed by atoms with van der Waals surface area (Å²) in [5.41, 5.74) is -0.512. The van der Waals surface area contributed by atoms with Gasteiger partial charge in [0.05, 0.1) is 6.54 Å². The highest BCUT2D eigenvalue weighted by Gasteiger charge is 2.15. The first-order chi connectivity index (χ1) is 5.95. The second-order valence-electron chi connectivity index (χ2n) is 3.36. The Morgan fingerprint density at radius 3 is 2.54 bits per heavy atom. The highest BCUT2D eigenvalue weighted by atomic mass is 16.6. The van der Waals surface area contributed by atoms with E-state index >= 15 is 0 Å². The molecule has 5 heteroatoms. The number of ether oxygens (including phenoxy) is 2. The highest BCUT2D eigenvalue weighted by molar-refractivity contribution is 5.67. The lowest BCUT2D eigenvalue weighted by atomic mass is 10.2. The number of hydrogen-bond acceptors (Lipinski definition) is 4. The fourth-order valence-electron chi connectivity index (χ4n) is 0.560. The predicted octanol–water partition coefficient (Wildman–Crippen LogP) is 0.595. The van der Waals surface area contributed by atoms with Crippen LogP contribution in [0.2, 0.25) is 0 Å². The quantitative estimate of drug-likeness (QED) is 0.656. The third-order valence-electron chi connectivity index (χ3n) is 0.931. The van der Waals surface area contributed by atoms with E-state index in [1.165, 1.54) is 6.47 Å². The largest absolute Gasteiger partial charge is 0.455 e. The van der Waals surface area contributed by atoms with Gasteiger partial charge in [0.1, 0.15) is 12.2 Å². The van der Waals surface area contributed by atoms with E-state index in [1.807, 2.05) is 0 Å². The minimum atomic E-state index is -0.526. The molecule has 0 spiro atoms. The first kappa shape index (κ1) is 11.7. The summed E-state index contributed by atoms with van der Waals surface area (Å²) in [6, 6.07) is 0. The number of carbonyl (C=O) groups excluding carboxylic acids is 2. The molecule has 0 saturated heterocycles. The number of alkyl carbamates (subject to hydrolysis) is 1. The smallest absolute Gasteiger partial charge is 0.417 e. The monoisotopic (exact) mass is 188 g/mol. The SMILES string of the molecule is CC(C)(C)OC(=O)NCCO[C]=O. The Labute approximate surface area is 77.4 Å². The van der Waals surface area contributed by atoms with Crippen molar-refractivity contribution >= 4 is 12.6 Å². The van der Waals surface area contributed by atoms with E-state index in [0.29, 0.717) is 0 Å². The van der Waals surface area contributed by atoms with E-state index < -0.39 is 11.7 Å². The van der Waals surface area contributed by atoms with Crippen LogP contribution in [0.5, 0.6) is 0 Å². The molecular formula is C8H14NO4. The van der Waals surface area contributed by atoms with E-state index in [0.717, 1.165) is 0 Å². The number of amides is 1. The Balaban J connectivity index is 3.47. The van der Waals surface area contributed by atoms with Crippen molar-refractivity contribution in [3.05, 3.63) is 0 Å². The predicted molar refractivity (Wildman–Crippen MR) is 45.9 cm³/mol. The van der Waals surface area contributed by atoms with Gasteiger partial charge in [-0.05, 0) is 20.8 Å². The summed E-state index contributed by atoms with van der Waals surface area (Å²) in [7, 11) is 0. The van der Waals surface area contributed by atoms with Crippen molar-refractivity contribution < 1.29 is 19.1 Å². The van der Waals surface area contributed by atoms with Crippen LogP contribution >= 0.6 is 0 Å². The second kappa shape index (κ2) is 5.40. The zero-order chi connectivity index (χ0) is 10.3. The summed E-state index contributed by atoms with van der Waals surface area (Å²) in [4.78, 5) is 20.5. The second-order valence-corrected chi connectivity index (χ2v) is 3.36. The van der Waals surface area contributed by atoms with Crippen LogP contribution in [0, 0.1) is 0 Å². The number of nitrogens with one attached hydrogen (secondary N) is 1. The molecule has 0 aromatic carbocycles. The van der Waals surface area contributed by atoms with E-state index in [4.69, 9.17) is 4.74 Å². The topological polar surface area (TPSA) is 64.6 Å². The van der Waals surface area contributed by atoms with Crippen molar-refractivity contribution in [2.75, 3.05) is 13.2 Å². The summed E-state index contributed by atoms with van der Waals surface area (Å²) in [5, 5.41) is 2.41. The van der Waals surface area contributed by atoms with Crippen molar-refractivity contribution in [1.82, 2.24) is 5.32 Å². The van der Waals surface area contributed by atoms with Crippen molar-refractivity contribution in [3.8, 4) is 0 Å². The molecular weight excluding hydrogens is 174 g/mol. The van der Waals surface area contributed by atoms with Gasteiger partial charge in [0.2, 0.25) is 0 Å². The lowest BCUT2D eigenvalue weighted by molar-refractivity contribution is 0.0518.